The van der Waals surface area contributed by atoms with E-state index in [4.69, 9.17) is 16.3 Å². The minimum absolute atomic E-state index is 0.0261. The lowest BCUT2D eigenvalue weighted by molar-refractivity contribution is -0.384. The van der Waals surface area contributed by atoms with E-state index < -0.39 is 10.8 Å². The third kappa shape index (κ3) is 5.20. The quantitative estimate of drug-likeness (QED) is 0.435. The first kappa shape index (κ1) is 19.6. The maximum absolute atomic E-state index is 11.9. The average Bonchev–Trinajstić information content (AvgIpc) is 3.22. The number of amides is 1. The molecular formula is C19H19ClN4O4. The minimum Gasteiger partial charge on any atom is -0.484 e. The Kier molecular flexibility index (Phi) is 6.44. The van der Waals surface area contributed by atoms with E-state index in [0.29, 0.717) is 16.3 Å². The van der Waals surface area contributed by atoms with Gasteiger partial charge in [-0.05, 0) is 43.2 Å². The molecule has 8 nitrogen and oxygen atoms in total. The lowest BCUT2D eigenvalue weighted by Gasteiger charge is -2.19. The van der Waals surface area contributed by atoms with Crippen LogP contribution in [0, 0.1) is 10.1 Å². The van der Waals surface area contributed by atoms with E-state index in [1.807, 2.05) is 0 Å². The Hall–Kier alpha value is -3.13. The van der Waals surface area contributed by atoms with Crippen LogP contribution in [-0.2, 0) is 4.79 Å². The fourth-order valence-electron chi connectivity index (χ4n) is 2.89. The Morgan fingerprint density at radius 3 is 2.64 bits per heavy atom. The number of hydrazone groups is 1. The van der Waals surface area contributed by atoms with Crippen LogP contribution in [0.5, 0.6) is 5.75 Å². The summed E-state index contributed by atoms with van der Waals surface area (Å²) in [6.07, 6.45) is 3.57. The number of nitrogens with zero attached hydrogens (tertiary/aromatic N) is 3. The normalized spacial score (nSPS) is 13.7. The molecule has 0 saturated carbocycles. The summed E-state index contributed by atoms with van der Waals surface area (Å²) in [6.45, 7) is 1.56. The number of halogens is 1. The SMILES string of the molecule is O=C(COc1ccc(Cl)cc1)NN=Cc1cc([N+](=O)[O-])ccc1N1CCCC1. The topological polar surface area (TPSA) is 97.1 Å². The van der Waals surface area contributed by atoms with Gasteiger partial charge in [-0.25, -0.2) is 5.43 Å². The van der Waals surface area contributed by atoms with Crippen molar-refractivity contribution >= 4 is 35.1 Å². The smallest absolute Gasteiger partial charge is 0.277 e. The first-order valence-corrected chi connectivity index (χ1v) is 9.14. The highest BCUT2D eigenvalue weighted by molar-refractivity contribution is 6.30. The summed E-state index contributed by atoms with van der Waals surface area (Å²) < 4.78 is 5.34. The van der Waals surface area contributed by atoms with Crippen molar-refractivity contribution in [3.8, 4) is 5.75 Å². The van der Waals surface area contributed by atoms with Crippen molar-refractivity contribution in [2.75, 3.05) is 24.6 Å². The standard InChI is InChI=1S/C19H19ClN4O4/c20-15-3-6-17(7-4-15)28-13-19(25)22-21-12-14-11-16(24(26)27)5-8-18(14)23-9-1-2-10-23/h3-8,11-12H,1-2,9-10,13H2,(H,22,25). The number of carbonyl (C=O) groups is 1. The fraction of sp³-hybridized carbons (Fsp3) is 0.263. The van der Waals surface area contributed by atoms with Crippen molar-refractivity contribution in [3.63, 3.8) is 0 Å². The number of hydrogen-bond donors (Lipinski definition) is 1. The Bertz CT molecular complexity index is 880. The minimum atomic E-state index is -0.455. The number of hydrogen-bond acceptors (Lipinski definition) is 6. The van der Waals surface area contributed by atoms with Gasteiger partial charge >= 0.3 is 0 Å². The van der Waals surface area contributed by atoms with Gasteiger partial charge in [-0.1, -0.05) is 11.6 Å². The number of rotatable bonds is 7. The molecule has 1 aliphatic rings. The van der Waals surface area contributed by atoms with Gasteiger partial charge in [-0.3, -0.25) is 14.9 Å². The molecule has 1 aliphatic heterocycles. The van der Waals surface area contributed by atoms with Crippen molar-refractivity contribution in [2.45, 2.75) is 12.8 Å². The summed E-state index contributed by atoms with van der Waals surface area (Å²) in [7, 11) is 0. The predicted molar refractivity (Wildman–Crippen MR) is 107 cm³/mol. The molecule has 1 amide bonds. The number of nitrogens with one attached hydrogen (secondary N) is 1. The monoisotopic (exact) mass is 402 g/mol. The molecule has 0 atom stereocenters. The molecule has 0 unspecified atom stereocenters. The van der Waals surface area contributed by atoms with E-state index in [-0.39, 0.29) is 12.3 Å². The highest BCUT2D eigenvalue weighted by Crippen LogP contribution is 2.27. The number of nitro benzene ring substituents is 1. The van der Waals surface area contributed by atoms with Crippen molar-refractivity contribution in [2.24, 2.45) is 5.10 Å². The Morgan fingerprint density at radius 1 is 1.25 bits per heavy atom. The highest BCUT2D eigenvalue weighted by Gasteiger charge is 2.17. The first-order valence-electron chi connectivity index (χ1n) is 8.76. The lowest BCUT2D eigenvalue weighted by atomic mass is 10.1. The summed E-state index contributed by atoms with van der Waals surface area (Å²) in [5, 5.41) is 15.6. The zero-order valence-electron chi connectivity index (χ0n) is 15.0. The van der Waals surface area contributed by atoms with Crippen molar-refractivity contribution < 1.29 is 14.5 Å². The van der Waals surface area contributed by atoms with Gasteiger partial charge < -0.3 is 9.64 Å². The van der Waals surface area contributed by atoms with Gasteiger partial charge in [0.1, 0.15) is 5.75 Å². The number of benzene rings is 2. The van der Waals surface area contributed by atoms with Gasteiger partial charge in [0.25, 0.3) is 11.6 Å². The highest BCUT2D eigenvalue weighted by atomic mass is 35.5. The summed E-state index contributed by atoms with van der Waals surface area (Å²) in [4.78, 5) is 24.7. The molecule has 146 valence electrons. The van der Waals surface area contributed by atoms with Crippen molar-refractivity contribution in [1.82, 2.24) is 5.43 Å². The predicted octanol–water partition coefficient (Wildman–Crippen LogP) is 3.38. The van der Waals surface area contributed by atoms with E-state index >= 15 is 0 Å². The molecule has 0 bridgehead atoms. The average molecular weight is 403 g/mol. The van der Waals surface area contributed by atoms with E-state index in [1.54, 1.807) is 30.3 Å². The maximum Gasteiger partial charge on any atom is 0.277 e. The molecule has 0 radical (unpaired) electrons. The van der Waals surface area contributed by atoms with Crippen LogP contribution in [0.2, 0.25) is 5.02 Å². The van der Waals surface area contributed by atoms with Gasteiger partial charge in [0.15, 0.2) is 6.61 Å². The van der Waals surface area contributed by atoms with E-state index in [0.717, 1.165) is 31.6 Å². The number of anilines is 1. The molecule has 0 aliphatic carbocycles. The zero-order valence-corrected chi connectivity index (χ0v) is 15.8. The Balaban J connectivity index is 1.63. The van der Waals surface area contributed by atoms with Gasteiger partial charge in [0.05, 0.1) is 11.1 Å². The number of non-ortho nitro benzene ring substituents is 1. The van der Waals surface area contributed by atoms with Crippen LogP contribution in [0.15, 0.2) is 47.6 Å². The van der Waals surface area contributed by atoms with Crippen LogP contribution in [0.4, 0.5) is 11.4 Å². The largest absolute Gasteiger partial charge is 0.484 e. The van der Waals surface area contributed by atoms with Crippen LogP contribution in [0.1, 0.15) is 18.4 Å². The molecule has 1 heterocycles. The molecule has 1 N–H and O–H groups in total. The number of nitro groups is 1. The van der Waals surface area contributed by atoms with Gasteiger partial charge in [0, 0.05) is 41.5 Å². The van der Waals surface area contributed by atoms with Crippen LogP contribution in [0.3, 0.4) is 0 Å². The molecule has 1 fully saturated rings. The molecule has 0 spiro atoms. The maximum atomic E-state index is 11.9. The fourth-order valence-corrected chi connectivity index (χ4v) is 3.02. The van der Waals surface area contributed by atoms with Crippen molar-refractivity contribution in [1.29, 1.82) is 0 Å². The van der Waals surface area contributed by atoms with Crippen LogP contribution in [-0.4, -0.2) is 36.7 Å². The molecular weight excluding hydrogens is 384 g/mol. The summed E-state index contributed by atoms with van der Waals surface area (Å²) >= 11 is 5.79. The summed E-state index contributed by atoms with van der Waals surface area (Å²) in [5.41, 5.74) is 3.78. The summed E-state index contributed by atoms with van der Waals surface area (Å²) in [5.74, 6) is 0.0675. The molecule has 28 heavy (non-hydrogen) atoms. The number of ether oxygens (including phenoxy) is 1. The second-order valence-electron chi connectivity index (χ2n) is 6.23. The van der Waals surface area contributed by atoms with Crippen LogP contribution >= 0.6 is 11.6 Å². The van der Waals surface area contributed by atoms with Gasteiger partial charge in [-0.15, -0.1) is 0 Å². The van der Waals surface area contributed by atoms with Crippen molar-refractivity contribution in [3.05, 3.63) is 63.2 Å². The second-order valence-corrected chi connectivity index (χ2v) is 6.67. The zero-order chi connectivity index (χ0) is 19.9. The molecule has 2 aromatic carbocycles. The molecule has 3 rings (SSSR count). The van der Waals surface area contributed by atoms with E-state index in [2.05, 4.69) is 15.4 Å². The molecule has 0 aromatic heterocycles. The van der Waals surface area contributed by atoms with E-state index in [9.17, 15) is 14.9 Å². The third-order valence-electron chi connectivity index (χ3n) is 4.25. The third-order valence-corrected chi connectivity index (χ3v) is 4.50. The van der Waals surface area contributed by atoms with Crippen LogP contribution < -0.4 is 15.1 Å². The van der Waals surface area contributed by atoms with Gasteiger partial charge in [0.2, 0.25) is 0 Å². The molecule has 1 saturated heterocycles. The number of carbonyl (C=O) groups excluding carboxylic acids is 1. The molecule has 2 aromatic rings. The molecule has 9 heteroatoms. The van der Waals surface area contributed by atoms with E-state index in [1.165, 1.54) is 18.3 Å². The Morgan fingerprint density at radius 2 is 1.96 bits per heavy atom. The first-order chi connectivity index (χ1) is 13.5. The Labute approximate surface area is 166 Å². The second kappa shape index (κ2) is 9.18. The van der Waals surface area contributed by atoms with Gasteiger partial charge in [-0.2, -0.15) is 5.10 Å². The summed E-state index contributed by atoms with van der Waals surface area (Å²) in [6, 6.07) is 11.3. The lowest BCUT2D eigenvalue weighted by Crippen LogP contribution is -2.25. The van der Waals surface area contributed by atoms with Crippen LogP contribution in [0.25, 0.3) is 0 Å².